The Balaban J connectivity index is 1.97. The number of hydrogen-bond donors (Lipinski definition) is 1. The van der Waals surface area contributed by atoms with Gasteiger partial charge in [-0.1, -0.05) is 35.3 Å². The van der Waals surface area contributed by atoms with Crippen LogP contribution in [0.4, 0.5) is 5.69 Å². The molecule has 4 heteroatoms. The van der Waals surface area contributed by atoms with Crippen molar-refractivity contribution in [3.63, 3.8) is 0 Å². The van der Waals surface area contributed by atoms with Crippen molar-refractivity contribution >= 4 is 27.5 Å². The molecule has 22 heavy (non-hydrogen) atoms. The number of halogens is 1. The Bertz CT molecular complexity index is 638. The fraction of sp³-hybridized carbons (Fsp3) is 0.278. The van der Waals surface area contributed by atoms with Gasteiger partial charge in [-0.2, -0.15) is 0 Å². The third-order valence-electron chi connectivity index (χ3n) is 3.31. The summed E-state index contributed by atoms with van der Waals surface area (Å²) in [5, 5.41) is 2.88. The standard InChI is InChI=1S/C18H20BrNO2/c1-3-4-11-22-16-9-7-15(8-10-16)20-18(21)14-6-5-13(2)17(19)12-14/h5-10,12H,3-4,11H2,1-2H3,(H,20,21). The smallest absolute Gasteiger partial charge is 0.255 e. The van der Waals surface area contributed by atoms with Gasteiger partial charge in [0.15, 0.2) is 0 Å². The maximum absolute atomic E-state index is 12.2. The molecular formula is C18H20BrNO2. The van der Waals surface area contributed by atoms with E-state index in [1.807, 2.05) is 49.4 Å². The first-order valence-electron chi connectivity index (χ1n) is 7.40. The lowest BCUT2D eigenvalue weighted by Crippen LogP contribution is -2.11. The Labute approximate surface area is 139 Å². The highest BCUT2D eigenvalue weighted by atomic mass is 79.9. The summed E-state index contributed by atoms with van der Waals surface area (Å²) in [4.78, 5) is 12.2. The Morgan fingerprint density at radius 3 is 2.55 bits per heavy atom. The van der Waals surface area contributed by atoms with Crippen LogP contribution in [0.1, 0.15) is 35.7 Å². The van der Waals surface area contributed by atoms with E-state index < -0.39 is 0 Å². The van der Waals surface area contributed by atoms with Crippen LogP contribution in [-0.4, -0.2) is 12.5 Å². The lowest BCUT2D eigenvalue weighted by atomic mass is 10.1. The van der Waals surface area contributed by atoms with Crippen LogP contribution < -0.4 is 10.1 Å². The zero-order valence-corrected chi connectivity index (χ0v) is 14.4. The SMILES string of the molecule is CCCCOc1ccc(NC(=O)c2ccc(C)c(Br)c2)cc1. The van der Waals surface area contributed by atoms with Gasteiger partial charge in [-0.05, 0) is 55.3 Å². The number of carbonyl (C=O) groups is 1. The van der Waals surface area contributed by atoms with E-state index in [1.165, 1.54) is 0 Å². The number of rotatable bonds is 6. The van der Waals surface area contributed by atoms with Gasteiger partial charge >= 0.3 is 0 Å². The average Bonchev–Trinajstić information content (AvgIpc) is 2.52. The lowest BCUT2D eigenvalue weighted by Gasteiger charge is -2.09. The molecule has 0 heterocycles. The van der Waals surface area contributed by atoms with Gasteiger partial charge in [0.05, 0.1) is 6.61 Å². The highest BCUT2D eigenvalue weighted by Crippen LogP contribution is 2.20. The van der Waals surface area contributed by atoms with Gasteiger partial charge in [0.1, 0.15) is 5.75 Å². The molecule has 2 rings (SSSR count). The monoisotopic (exact) mass is 361 g/mol. The Hall–Kier alpha value is -1.81. The zero-order chi connectivity index (χ0) is 15.9. The molecule has 0 fully saturated rings. The molecule has 116 valence electrons. The second kappa shape index (κ2) is 7.99. The molecule has 1 amide bonds. The van der Waals surface area contributed by atoms with Crippen LogP contribution in [0.2, 0.25) is 0 Å². The number of unbranched alkanes of at least 4 members (excludes halogenated alkanes) is 1. The summed E-state index contributed by atoms with van der Waals surface area (Å²) in [6.45, 7) is 4.84. The molecule has 2 aromatic carbocycles. The van der Waals surface area contributed by atoms with Gasteiger partial charge in [-0.15, -0.1) is 0 Å². The number of aryl methyl sites for hydroxylation is 1. The molecule has 2 aromatic rings. The highest BCUT2D eigenvalue weighted by Gasteiger charge is 2.07. The summed E-state index contributed by atoms with van der Waals surface area (Å²) in [7, 11) is 0. The molecule has 0 spiro atoms. The molecule has 0 saturated carbocycles. The van der Waals surface area contributed by atoms with Crippen molar-refractivity contribution in [1.29, 1.82) is 0 Å². The van der Waals surface area contributed by atoms with E-state index in [0.717, 1.165) is 40.9 Å². The molecule has 0 unspecified atom stereocenters. The van der Waals surface area contributed by atoms with Crippen LogP contribution in [0.3, 0.4) is 0 Å². The van der Waals surface area contributed by atoms with E-state index in [9.17, 15) is 4.79 Å². The summed E-state index contributed by atoms with van der Waals surface area (Å²) in [6.07, 6.45) is 2.15. The van der Waals surface area contributed by atoms with Gasteiger partial charge in [0, 0.05) is 15.7 Å². The molecule has 1 N–H and O–H groups in total. The second-order valence-electron chi connectivity index (χ2n) is 5.14. The van der Waals surface area contributed by atoms with Gasteiger partial charge in [0.25, 0.3) is 5.91 Å². The number of ether oxygens (including phenoxy) is 1. The molecule has 0 aliphatic heterocycles. The maximum Gasteiger partial charge on any atom is 0.255 e. The third kappa shape index (κ3) is 4.60. The van der Waals surface area contributed by atoms with Crippen LogP contribution in [-0.2, 0) is 0 Å². The maximum atomic E-state index is 12.2. The van der Waals surface area contributed by atoms with Crippen molar-refractivity contribution in [2.75, 3.05) is 11.9 Å². The quantitative estimate of drug-likeness (QED) is 0.719. The summed E-state index contributed by atoms with van der Waals surface area (Å²) < 4.78 is 6.53. The van der Waals surface area contributed by atoms with Crippen LogP contribution in [0.25, 0.3) is 0 Å². The molecule has 3 nitrogen and oxygen atoms in total. The summed E-state index contributed by atoms with van der Waals surface area (Å²) in [5.74, 6) is 0.699. The predicted octanol–water partition coefficient (Wildman–Crippen LogP) is 5.19. The van der Waals surface area contributed by atoms with Crippen molar-refractivity contribution in [2.24, 2.45) is 0 Å². The first kappa shape index (κ1) is 16.6. The van der Waals surface area contributed by atoms with E-state index in [0.29, 0.717) is 5.56 Å². The molecule has 0 saturated heterocycles. The predicted molar refractivity (Wildman–Crippen MR) is 93.7 cm³/mol. The van der Waals surface area contributed by atoms with E-state index in [4.69, 9.17) is 4.74 Å². The zero-order valence-electron chi connectivity index (χ0n) is 12.9. The molecule has 0 radical (unpaired) electrons. The number of benzene rings is 2. The van der Waals surface area contributed by atoms with E-state index in [-0.39, 0.29) is 5.91 Å². The largest absolute Gasteiger partial charge is 0.494 e. The lowest BCUT2D eigenvalue weighted by molar-refractivity contribution is 0.102. The number of carbonyl (C=O) groups excluding carboxylic acids is 1. The second-order valence-corrected chi connectivity index (χ2v) is 6.00. The van der Waals surface area contributed by atoms with Crippen molar-refractivity contribution in [1.82, 2.24) is 0 Å². The van der Waals surface area contributed by atoms with Crippen molar-refractivity contribution in [3.05, 3.63) is 58.1 Å². The van der Waals surface area contributed by atoms with E-state index in [1.54, 1.807) is 0 Å². The first-order valence-corrected chi connectivity index (χ1v) is 8.20. The summed E-state index contributed by atoms with van der Waals surface area (Å²) in [5.41, 5.74) is 2.48. The van der Waals surface area contributed by atoms with Gasteiger partial charge in [-0.25, -0.2) is 0 Å². The van der Waals surface area contributed by atoms with E-state index in [2.05, 4.69) is 28.2 Å². The average molecular weight is 362 g/mol. The molecule has 0 bridgehead atoms. The van der Waals surface area contributed by atoms with Crippen LogP contribution in [0.15, 0.2) is 46.9 Å². The fourth-order valence-corrected chi connectivity index (χ4v) is 2.29. The van der Waals surface area contributed by atoms with Crippen molar-refractivity contribution in [2.45, 2.75) is 26.7 Å². The van der Waals surface area contributed by atoms with Gasteiger partial charge < -0.3 is 10.1 Å². The Kier molecular flexibility index (Phi) is 6.01. The fourth-order valence-electron chi connectivity index (χ4n) is 1.91. The number of amides is 1. The first-order chi connectivity index (χ1) is 10.6. The minimum absolute atomic E-state index is 0.125. The number of hydrogen-bond acceptors (Lipinski definition) is 2. The molecule has 0 aliphatic carbocycles. The van der Waals surface area contributed by atoms with E-state index >= 15 is 0 Å². The Morgan fingerprint density at radius 2 is 1.91 bits per heavy atom. The van der Waals surface area contributed by atoms with Crippen molar-refractivity contribution < 1.29 is 9.53 Å². The number of anilines is 1. The third-order valence-corrected chi connectivity index (χ3v) is 4.17. The van der Waals surface area contributed by atoms with Crippen LogP contribution in [0, 0.1) is 6.92 Å². The topological polar surface area (TPSA) is 38.3 Å². The number of nitrogens with one attached hydrogen (secondary N) is 1. The Morgan fingerprint density at radius 1 is 1.18 bits per heavy atom. The van der Waals surface area contributed by atoms with Crippen LogP contribution >= 0.6 is 15.9 Å². The van der Waals surface area contributed by atoms with Crippen molar-refractivity contribution in [3.8, 4) is 5.75 Å². The molecule has 0 aliphatic rings. The molecule has 0 aromatic heterocycles. The summed E-state index contributed by atoms with van der Waals surface area (Å²) >= 11 is 3.44. The van der Waals surface area contributed by atoms with Crippen LogP contribution in [0.5, 0.6) is 5.75 Å². The minimum atomic E-state index is -0.125. The van der Waals surface area contributed by atoms with Gasteiger partial charge in [-0.3, -0.25) is 4.79 Å². The minimum Gasteiger partial charge on any atom is -0.494 e. The van der Waals surface area contributed by atoms with Gasteiger partial charge in [0.2, 0.25) is 0 Å². The summed E-state index contributed by atoms with van der Waals surface area (Å²) in [6, 6.07) is 13.0. The molecule has 0 atom stereocenters. The highest BCUT2D eigenvalue weighted by molar-refractivity contribution is 9.10. The normalized spacial score (nSPS) is 10.3. The molecular weight excluding hydrogens is 342 g/mol.